The highest BCUT2D eigenvalue weighted by atomic mass is 32.2. The molecule has 2 aromatic carbocycles. The minimum absolute atomic E-state index is 0.0751. The first-order valence-corrected chi connectivity index (χ1v) is 12.6. The van der Waals surface area contributed by atoms with Gasteiger partial charge in [-0.05, 0) is 29.7 Å². The van der Waals surface area contributed by atoms with E-state index in [4.69, 9.17) is 4.74 Å². The van der Waals surface area contributed by atoms with Gasteiger partial charge in [0.05, 0.1) is 24.7 Å². The largest absolute Gasteiger partial charge is 0.497 e. The molecule has 0 unspecified atom stereocenters. The van der Waals surface area contributed by atoms with Crippen molar-refractivity contribution in [2.75, 3.05) is 18.6 Å². The van der Waals surface area contributed by atoms with E-state index in [0.717, 1.165) is 16.9 Å². The van der Waals surface area contributed by atoms with Gasteiger partial charge in [-0.1, -0.05) is 54.2 Å². The van der Waals surface area contributed by atoms with Crippen LogP contribution in [0.15, 0.2) is 59.6 Å². The molecule has 0 spiro atoms. The molecule has 0 N–H and O–H groups in total. The number of sulfone groups is 1. The van der Waals surface area contributed by atoms with Crippen LogP contribution in [0.1, 0.15) is 17.5 Å². The predicted octanol–water partition coefficient (Wildman–Crippen LogP) is 2.93. The molecule has 0 saturated carbocycles. The number of carbonyl (C=O) groups is 1. The topological polar surface area (TPSA) is 76.0 Å². The van der Waals surface area contributed by atoms with Gasteiger partial charge in [-0.2, -0.15) is 4.99 Å². The van der Waals surface area contributed by atoms with Crippen molar-refractivity contribution in [2.45, 2.75) is 30.7 Å². The third kappa shape index (κ3) is 4.87. The lowest BCUT2D eigenvalue weighted by atomic mass is 10.1. The Hall–Kier alpha value is -2.32. The average Bonchev–Trinajstić information content (AvgIpc) is 3.19. The first kappa shape index (κ1) is 20.9. The van der Waals surface area contributed by atoms with E-state index in [1.54, 1.807) is 7.11 Å². The molecule has 2 aliphatic rings. The van der Waals surface area contributed by atoms with Crippen LogP contribution < -0.4 is 4.74 Å². The van der Waals surface area contributed by atoms with Crippen LogP contribution in [-0.2, 0) is 27.6 Å². The van der Waals surface area contributed by atoms with Crippen molar-refractivity contribution in [1.82, 2.24) is 4.90 Å². The van der Waals surface area contributed by atoms with Gasteiger partial charge in [-0.15, -0.1) is 0 Å². The fraction of sp³-hybridized carbons (Fsp3) is 0.364. The Morgan fingerprint density at radius 3 is 2.53 bits per heavy atom. The van der Waals surface area contributed by atoms with E-state index in [0.29, 0.717) is 24.6 Å². The Balaban J connectivity index is 1.51. The molecule has 0 bridgehead atoms. The quantitative estimate of drug-likeness (QED) is 0.682. The van der Waals surface area contributed by atoms with E-state index in [2.05, 4.69) is 4.99 Å². The highest BCUT2D eigenvalue weighted by Gasteiger charge is 2.48. The number of amidine groups is 1. The van der Waals surface area contributed by atoms with Crippen molar-refractivity contribution in [1.29, 1.82) is 0 Å². The minimum atomic E-state index is -3.06. The second-order valence-electron chi connectivity index (χ2n) is 7.55. The van der Waals surface area contributed by atoms with Gasteiger partial charge < -0.3 is 9.64 Å². The first-order valence-electron chi connectivity index (χ1n) is 9.85. The van der Waals surface area contributed by atoms with Crippen LogP contribution in [0.5, 0.6) is 5.75 Å². The number of ether oxygens (including phenoxy) is 1. The molecule has 2 saturated heterocycles. The molecular weight excluding hydrogens is 420 g/mol. The number of benzene rings is 2. The number of carbonyl (C=O) groups excluding carboxylic acids is 1. The third-order valence-electron chi connectivity index (χ3n) is 5.38. The molecule has 2 aromatic rings. The number of fused-ring (bicyclic) bond motifs is 1. The summed E-state index contributed by atoms with van der Waals surface area (Å²) in [6.07, 6.45) is 0.971. The Kier molecular flexibility index (Phi) is 6.15. The van der Waals surface area contributed by atoms with Crippen molar-refractivity contribution in [3.63, 3.8) is 0 Å². The maximum Gasteiger partial charge on any atom is 0.248 e. The number of methoxy groups -OCH3 is 1. The monoisotopic (exact) mass is 444 g/mol. The van der Waals surface area contributed by atoms with E-state index in [-0.39, 0.29) is 28.7 Å². The summed E-state index contributed by atoms with van der Waals surface area (Å²) in [7, 11) is -1.44. The highest BCUT2D eigenvalue weighted by Crippen LogP contribution is 2.39. The molecule has 2 aliphatic heterocycles. The maximum absolute atomic E-state index is 12.5. The Labute approximate surface area is 181 Å². The first-order chi connectivity index (χ1) is 14.4. The summed E-state index contributed by atoms with van der Waals surface area (Å²) in [6, 6.07) is 17.4. The standard InChI is InChI=1S/C22H24N2O4S2/c1-28-18-10-7-17(8-11-18)13-24-19-14-30(26,27)15-20(19)29-22(24)23-21(25)12-9-16-5-3-2-4-6-16/h2-8,10-11,19-20H,9,12-15H2,1H3/t19-,20+/m0/s1. The lowest BCUT2D eigenvalue weighted by Gasteiger charge is -2.24. The van der Waals surface area contributed by atoms with E-state index < -0.39 is 9.84 Å². The highest BCUT2D eigenvalue weighted by molar-refractivity contribution is 8.15. The lowest BCUT2D eigenvalue weighted by molar-refractivity contribution is -0.117. The normalized spacial score (nSPS) is 23.5. The molecule has 0 aliphatic carbocycles. The summed E-state index contributed by atoms with van der Waals surface area (Å²) in [5, 5.41) is 0.558. The smallest absolute Gasteiger partial charge is 0.248 e. The molecule has 1 amide bonds. The number of rotatable bonds is 6. The molecule has 6 nitrogen and oxygen atoms in total. The summed E-state index contributed by atoms with van der Waals surface area (Å²) in [4.78, 5) is 18.9. The summed E-state index contributed by atoms with van der Waals surface area (Å²) < 4.78 is 29.5. The molecule has 8 heteroatoms. The Morgan fingerprint density at radius 2 is 1.83 bits per heavy atom. The number of aliphatic imine (C=N–C) groups is 1. The summed E-state index contributed by atoms with van der Waals surface area (Å²) in [5.41, 5.74) is 2.12. The number of nitrogens with zero attached hydrogens (tertiary/aromatic N) is 2. The second-order valence-corrected chi connectivity index (χ2v) is 10.9. The molecule has 2 fully saturated rings. The van der Waals surface area contributed by atoms with Gasteiger partial charge in [0.15, 0.2) is 15.0 Å². The zero-order valence-corrected chi connectivity index (χ0v) is 18.4. The molecule has 4 rings (SSSR count). The molecular formula is C22H24N2O4S2. The third-order valence-corrected chi connectivity index (χ3v) is 8.63. The Bertz CT molecular complexity index is 1040. The molecule has 0 radical (unpaired) electrons. The van der Waals surface area contributed by atoms with Crippen LogP contribution in [0.25, 0.3) is 0 Å². The van der Waals surface area contributed by atoms with Crippen LogP contribution in [0.3, 0.4) is 0 Å². The van der Waals surface area contributed by atoms with Crippen LogP contribution in [0, 0.1) is 0 Å². The molecule has 2 atom stereocenters. The van der Waals surface area contributed by atoms with Gasteiger partial charge in [-0.25, -0.2) is 8.42 Å². The van der Waals surface area contributed by atoms with Crippen LogP contribution >= 0.6 is 11.8 Å². The summed E-state index contributed by atoms with van der Waals surface area (Å²) >= 11 is 1.42. The van der Waals surface area contributed by atoms with Crippen molar-refractivity contribution < 1.29 is 17.9 Å². The molecule has 2 heterocycles. The van der Waals surface area contributed by atoms with E-state index in [1.165, 1.54) is 11.8 Å². The Morgan fingerprint density at radius 1 is 1.10 bits per heavy atom. The zero-order chi connectivity index (χ0) is 21.1. The van der Waals surface area contributed by atoms with Gasteiger partial charge in [0.2, 0.25) is 5.91 Å². The number of aryl methyl sites for hydroxylation is 1. The average molecular weight is 445 g/mol. The molecule has 0 aromatic heterocycles. The van der Waals surface area contributed by atoms with E-state index >= 15 is 0 Å². The zero-order valence-electron chi connectivity index (χ0n) is 16.7. The minimum Gasteiger partial charge on any atom is -0.497 e. The van der Waals surface area contributed by atoms with E-state index in [9.17, 15) is 13.2 Å². The van der Waals surface area contributed by atoms with Gasteiger partial charge >= 0.3 is 0 Å². The van der Waals surface area contributed by atoms with Crippen molar-refractivity contribution >= 4 is 32.7 Å². The summed E-state index contributed by atoms with van der Waals surface area (Å²) in [6.45, 7) is 0.512. The second kappa shape index (κ2) is 8.81. The van der Waals surface area contributed by atoms with Gasteiger partial charge in [0.25, 0.3) is 0 Å². The van der Waals surface area contributed by atoms with Gasteiger partial charge in [-0.3, -0.25) is 4.79 Å². The van der Waals surface area contributed by atoms with Crippen LogP contribution in [0.2, 0.25) is 0 Å². The SMILES string of the molecule is COc1ccc(CN2C(=NC(=O)CCc3ccccc3)S[C@@H]3CS(=O)(=O)C[C@@H]32)cc1. The van der Waals surface area contributed by atoms with Crippen LogP contribution in [-0.4, -0.2) is 54.3 Å². The molecule has 158 valence electrons. The fourth-order valence-corrected chi connectivity index (χ4v) is 7.77. The summed E-state index contributed by atoms with van der Waals surface area (Å²) in [5.74, 6) is 0.834. The number of hydrogen-bond donors (Lipinski definition) is 0. The molecule has 30 heavy (non-hydrogen) atoms. The van der Waals surface area contributed by atoms with Crippen LogP contribution in [0.4, 0.5) is 0 Å². The number of amides is 1. The number of hydrogen-bond acceptors (Lipinski definition) is 5. The van der Waals surface area contributed by atoms with Crippen molar-refractivity contribution in [2.24, 2.45) is 4.99 Å². The lowest BCUT2D eigenvalue weighted by Crippen LogP contribution is -2.37. The van der Waals surface area contributed by atoms with Crippen molar-refractivity contribution in [3.8, 4) is 5.75 Å². The number of thioether (sulfide) groups is 1. The van der Waals surface area contributed by atoms with Gasteiger partial charge in [0, 0.05) is 18.2 Å². The van der Waals surface area contributed by atoms with Crippen molar-refractivity contribution in [3.05, 3.63) is 65.7 Å². The van der Waals surface area contributed by atoms with Gasteiger partial charge in [0.1, 0.15) is 5.75 Å². The van der Waals surface area contributed by atoms with E-state index in [1.807, 2.05) is 59.5 Å². The fourth-order valence-electron chi connectivity index (χ4n) is 3.81. The maximum atomic E-state index is 12.5. The predicted molar refractivity (Wildman–Crippen MR) is 120 cm³/mol.